The molecule has 0 unspecified atom stereocenters. The minimum absolute atomic E-state index is 0.0383. The van der Waals surface area contributed by atoms with Crippen LogP contribution in [0.4, 0.5) is 0 Å². The number of hydrogen-bond acceptors (Lipinski definition) is 6. The van der Waals surface area contributed by atoms with Gasteiger partial charge in [0.15, 0.2) is 4.80 Å². The molecule has 1 aliphatic rings. The second-order valence-corrected chi connectivity index (χ2v) is 7.97. The number of fused-ring (bicyclic) bond motifs is 1. The van der Waals surface area contributed by atoms with E-state index in [9.17, 15) is 14.4 Å². The first-order valence-electron chi connectivity index (χ1n) is 10.1. The van der Waals surface area contributed by atoms with Crippen molar-refractivity contribution in [2.45, 2.75) is 52.5 Å². The van der Waals surface area contributed by atoms with Crippen molar-refractivity contribution in [3.8, 4) is 0 Å². The van der Waals surface area contributed by atoms with Crippen molar-refractivity contribution in [1.29, 1.82) is 0 Å². The SMILES string of the molecule is CCOC(=O)Cn1c(=NC(=O)C2CCCCC2)sc2cc(C(=O)OCC)ccc21. The van der Waals surface area contributed by atoms with E-state index in [0.717, 1.165) is 42.3 Å². The Balaban J connectivity index is 2.02. The number of esters is 2. The Morgan fingerprint density at radius 2 is 1.83 bits per heavy atom. The molecule has 1 fully saturated rings. The van der Waals surface area contributed by atoms with Gasteiger partial charge in [-0.25, -0.2) is 4.79 Å². The zero-order chi connectivity index (χ0) is 20.8. The Labute approximate surface area is 173 Å². The number of carbonyl (C=O) groups is 3. The first-order valence-corrected chi connectivity index (χ1v) is 10.9. The third-order valence-corrected chi connectivity index (χ3v) is 5.99. The number of rotatable bonds is 6. The molecular weight excluding hydrogens is 392 g/mol. The molecule has 0 aliphatic heterocycles. The number of nitrogens with zero attached hydrogens (tertiary/aromatic N) is 2. The lowest BCUT2D eigenvalue weighted by Crippen LogP contribution is -2.25. The summed E-state index contributed by atoms with van der Waals surface area (Å²) in [5.41, 5.74) is 1.15. The van der Waals surface area contributed by atoms with Crippen LogP contribution >= 0.6 is 11.3 Å². The van der Waals surface area contributed by atoms with E-state index in [1.165, 1.54) is 11.3 Å². The molecule has 0 atom stereocenters. The van der Waals surface area contributed by atoms with Crippen molar-refractivity contribution in [3.63, 3.8) is 0 Å². The Bertz CT molecular complexity index is 969. The molecular formula is C21H26N2O5S. The summed E-state index contributed by atoms with van der Waals surface area (Å²) in [5, 5.41) is 0. The van der Waals surface area contributed by atoms with Crippen molar-refractivity contribution in [2.24, 2.45) is 10.9 Å². The van der Waals surface area contributed by atoms with E-state index in [1.54, 1.807) is 36.6 Å². The normalized spacial score (nSPS) is 15.4. The summed E-state index contributed by atoms with van der Waals surface area (Å²) < 4.78 is 12.6. The van der Waals surface area contributed by atoms with Crippen LogP contribution in [0.15, 0.2) is 23.2 Å². The van der Waals surface area contributed by atoms with Crippen LogP contribution in [-0.4, -0.2) is 35.6 Å². The predicted octanol–water partition coefficient (Wildman–Crippen LogP) is 3.45. The minimum Gasteiger partial charge on any atom is -0.465 e. The molecule has 1 aromatic carbocycles. The molecule has 0 spiro atoms. The second-order valence-electron chi connectivity index (χ2n) is 6.96. The molecule has 1 saturated carbocycles. The summed E-state index contributed by atoms with van der Waals surface area (Å²) in [4.78, 5) is 41.7. The topological polar surface area (TPSA) is 87.0 Å². The Hall–Kier alpha value is -2.48. The first-order chi connectivity index (χ1) is 14.0. The zero-order valence-electron chi connectivity index (χ0n) is 16.8. The number of aromatic nitrogens is 1. The molecule has 0 saturated heterocycles. The van der Waals surface area contributed by atoms with E-state index < -0.39 is 11.9 Å². The Kier molecular flexibility index (Phi) is 7.19. The van der Waals surface area contributed by atoms with Gasteiger partial charge in [0.2, 0.25) is 0 Å². The van der Waals surface area contributed by atoms with E-state index >= 15 is 0 Å². The molecule has 7 nitrogen and oxygen atoms in total. The highest BCUT2D eigenvalue weighted by Gasteiger charge is 2.21. The predicted molar refractivity (Wildman–Crippen MR) is 110 cm³/mol. The summed E-state index contributed by atoms with van der Waals surface area (Å²) in [7, 11) is 0. The zero-order valence-corrected chi connectivity index (χ0v) is 17.6. The molecule has 1 aliphatic carbocycles. The molecule has 3 rings (SSSR count). The highest BCUT2D eigenvalue weighted by atomic mass is 32.1. The summed E-state index contributed by atoms with van der Waals surface area (Å²) in [6.07, 6.45) is 4.97. The van der Waals surface area contributed by atoms with E-state index in [1.807, 2.05) is 0 Å². The maximum absolute atomic E-state index is 12.7. The third-order valence-electron chi connectivity index (χ3n) is 4.95. The fourth-order valence-corrected chi connectivity index (χ4v) is 4.60. The molecule has 0 N–H and O–H groups in total. The lowest BCUT2D eigenvalue weighted by molar-refractivity contribution is -0.143. The standard InChI is InChI=1S/C21H26N2O5S/c1-3-27-18(24)13-23-16-11-10-15(20(26)28-4-2)12-17(16)29-21(23)22-19(25)14-8-6-5-7-9-14/h10-12,14H,3-9,13H2,1-2H3. The van der Waals surface area contributed by atoms with Gasteiger partial charge in [-0.15, -0.1) is 0 Å². The van der Waals surface area contributed by atoms with Gasteiger partial charge in [-0.3, -0.25) is 9.59 Å². The number of amides is 1. The van der Waals surface area contributed by atoms with Crippen LogP contribution in [0, 0.1) is 5.92 Å². The first kappa shape index (κ1) is 21.2. The van der Waals surface area contributed by atoms with Crippen LogP contribution in [0.25, 0.3) is 10.2 Å². The van der Waals surface area contributed by atoms with Gasteiger partial charge in [-0.05, 0) is 44.9 Å². The average molecular weight is 419 g/mol. The van der Waals surface area contributed by atoms with Gasteiger partial charge in [0.25, 0.3) is 5.91 Å². The fourth-order valence-electron chi connectivity index (χ4n) is 3.52. The van der Waals surface area contributed by atoms with E-state index in [2.05, 4.69) is 4.99 Å². The van der Waals surface area contributed by atoms with Gasteiger partial charge in [0.05, 0.1) is 29.0 Å². The van der Waals surface area contributed by atoms with Crippen molar-refractivity contribution < 1.29 is 23.9 Å². The van der Waals surface area contributed by atoms with Crippen LogP contribution in [0.1, 0.15) is 56.3 Å². The molecule has 0 bridgehead atoms. The third kappa shape index (κ3) is 5.12. The molecule has 8 heteroatoms. The molecule has 1 amide bonds. The monoisotopic (exact) mass is 418 g/mol. The van der Waals surface area contributed by atoms with Gasteiger partial charge < -0.3 is 14.0 Å². The smallest absolute Gasteiger partial charge is 0.338 e. The van der Waals surface area contributed by atoms with Gasteiger partial charge in [-0.2, -0.15) is 4.99 Å². The average Bonchev–Trinajstić information content (AvgIpc) is 3.05. The minimum atomic E-state index is -0.406. The summed E-state index contributed by atoms with van der Waals surface area (Å²) in [6, 6.07) is 5.12. The van der Waals surface area contributed by atoms with E-state index in [0.29, 0.717) is 17.0 Å². The molecule has 2 aromatic rings. The molecule has 29 heavy (non-hydrogen) atoms. The van der Waals surface area contributed by atoms with Crippen LogP contribution in [-0.2, 0) is 25.6 Å². The maximum atomic E-state index is 12.7. The number of carbonyl (C=O) groups excluding carboxylic acids is 3. The Morgan fingerprint density at radius 1 is 1.10 bits per heavy atom. The van der Waals surface area contributed by atoms with Gasteiger partial charge in [0, 0.05) is 5.92 Å². The van der Waals surface area contributed by atoms with Crippen LogP contribution in [0.3, 0.4) is 0 Å². The van der Waals surface area contributed by atoms with Gasteiger partial charge in [0.1, 0.15) is 6.54 Å². The molecule has 156 valence electrons. The van der Waals surface area contributed by atoms with Crippen LogP contribution < -0.4 is 4.80 Å². The number of hydrogen-bond donors (Lipinski definition) is 0. The van der Waals surface area contributed by atoms with Gasteiger partial charge >= 0.3 is 11.9 Å². The summed E-state index contributed by atoms with van der Waals surface area (Å²) in [6.45, 7) is 4.03. The maximum Gasteiger partial charge on any atom is 0.338 e. The van der Waals surface area contributed by atoms with Crippen molar-refractivity contribution in [3.05, 3.63) is 28.6 Å². The number of ether oxygens (including phenoxy) is 2. The van der Waals surface area contributed by atoms with Crippen molar-refractivity contribution >= 4 is 39.4 Å². The fraction of sp³-hybridized carbons (Fsp3) is 0.524. The van der Waals surface area contributed by atoms with Crippen LogP contribution in [0.5, 0.6) is 0 Å². The summed E-state index contributed by atoms with van der Waals surface area (Å²) >= 11 is 1.29. The largest absolute Gasteiger partial charge is 0.465 e. The Morgan fingerprint density at radius 3 is 2.52 bits per heavy atom. The lowest BCUT2D eigenvalue weighted by atomic mass is 9.89. The molecule has 1 heterocycles. The quantitative estimate of drug-likeness (QED) is 0.671. The molecule has 0 radical (unpaired) electrons. The van der Waals surface area contributed by atoms with Crippen LogP contribution in [0.2, 0.25) is 0 Å². The van der Waals surface area contributed by atoms with E-state index in [4.69, 9.17) is 9.47 Å². The number of thiazole rings is 1. The van der Waals surface area contributed by atoms with Crippen molar-refractivity contribution in [2.75, 3.05) is 13.2 Å². The summed E-state index contributed by atoms with van der Waals surface area (Å²) in [5.74, 6) is -0.996. The van der Waals surface area contributed by atoms with Crippen molar-refractivity contribution in [1.82, 2.24) is 4.57 Å². The highest BCUT2D eigenvalue weighted by molar-refractivity contribution is 7.16. The highest BCUT2D eigenvalue weighted by Crippen LogP contribution is 2.25. The lowest BCUT2D eigenvalue weighted by Gasteiger charge is -2.17. The molecule has 1 aromatic heterocycles. The van der Waals surface area contributed by atoms with Gasteiger partial charge in [-0.1, -0.05) is 30.6 Å². The second kappa shape index (κ2) is 9.82. The van der Waals surface area contributed by atoms with E-state index in [-0.39, 0.29) is 25.0 Å². The number of benzene rings is 1.